The second-order valence-electron chi connectivity index (χ2n) is 14.8. The average molecular weight is 726 g/mol. The molecule has 0 unspecified atom stereocenters. The molecule has 51 heavy (non-hydrogen) atoms. The fourth-order valence-corrected chi connectivity index (χ4v) is 6.61. The van der Waals surface area contributed by atoms with Crippen molar-refractivity contribution in [1.82, 2.24) is 5.32 Å². The molecule has 0 bridgehead atoms. The summed E-state index contributed by atoms with van der Waals surface area (Å²) >= 11 is 0. The lowest BCUT2D eigenvalue weighted by Gasteiger charge is -2.40. The lowest BCUT2D eigenvalue weighted by Crippen LogP contribution is -2.60. The number of allylic oxidation sites excluding steroid dienone is 3. The van der Waals surface area contributed by atoms with Gasteiger partial charge in [0.15, 0.2) is 6.29 Å². The molecule has 9 nitrogen and oxygen atoms in total. The van der Waals surface area contributed by atoms with Crippen LogP contribution < -0.4 is 5.32 Å². The van der Waals surface area contributed by atoms with E-state index in [1.165, 1.54) is 128 Å². The molecule has 1 aliphatic rings. The molecule has 0 aromatic heterocycles. The topological polar surface area (TPSA) is 149 Å². The van der Waals surface area contributed by atoms with Gasteiger partial charge in [-0.2, -0.15) is 0 Å². The Morgan fingerprint density at radius 1 is 0.667 bits per heavy atom. The van der Waals surface area contributed by atoms with Gasteiger partial charge in [0.2, 0.25) is 5.91 Å². The summed E-state index contributed by atoms with van der Waals surface area (Å²) in [5.41, 5.74) is 0. The standard InChI is InChI=1S/C42H79NO8/c1-3-5-7-9-11-13-15-17-18-20-22-24-26-28-30-32-38(46)43-35(34-50-42-41(49)40(48)39(47)37(33-44)51-42)36(45)31-29-27-25-23-21-19-16-14-12-10-8-6-4-2/h23,25,29,31,35-37,39-42,44-45,47-49H,3-22,24,26-28,30,32-34H2,1-2H3,(H,43,46)/b25-23?,31-29+/t35-,36+,37+,39+,40-,41+,42+/m0/s1. The number of nitrogens with one attached hydrogen (secondary N) is 1. The summed E-state index contributed by atoms with van der Waals surface area (Å²) in [5.74, 6) is -0.190. The van der Waals surface area contributed by atoms with E-state index in [9.17, 15) is 30.3 Å². The Labute approximate surface area is 311 Å². The third kappa shape index (κ3) is 24.6. The van der Waals surface area contributed by atoms with Gasteiger partial charge in [-0.1, -0.05) is 173 Å². The highest BCUT2D eigenvalue weighted by Gasteiger charge is 2.44. The van der Waals surface area contributed by atoms with E-state index in [4.69, 9.17) is 9.47 Å². The van der Waals surface area contributed by atoms with Crippen LogP contribution in [0.5, 0.6) is 0 Å². The average Bonchev–Trinajstić information content (AvgIpc) is 3.13. The molecule has 1 aliphatic heterocycles. The number of amides is 1. The smallest absolute Gasteiger partial charge is 0.220 e. The van der Waals surface area contributed by atoms with Crippen LogP contribution in [0, 0.1) is 0 Å². The quantitative estimate of drug-likeness (QED) is 0.0289. The maximum Gasteiger partial charge on any atom is 0.220 e. The van der Waals surface area contributed by atoms with Gasteiger partial charge in [0.25, 0.3) is 0 Å². The fourth-order valence-electron chi connectivity index (χ4n) is 6.61. The Hall–Kier alpha value is -1.33. The van der Waals surface area contributed by atoms with Gasteiger partial charge in [-0.3, -0.25) is 4.79 Å². The molecule has 9 heteroatoms. The van der Waals surface area contributed by atoms with Crippen molar-refractivity contribution in [2.75, 3.05) is 13.2 Å². The summed E-state index contributed by atoms with van der Waals surface area (Å²) in [5, 5.41) is 54.0. The van der Waals surface area contributed by atoms with Crippen LogP contribution in [0.3, 0.4) is 0 Å². The van der Waals surface area contributed by atoms with E-state index in [2.05, 4.69) is 31.3 Å². The van der Waals surface area contributed by atoms with E-state index in [0.29, 0.717) is 12.8 Å². The summed E-state index contributed by atoms with van der Waals surface area (Å²) in [7, 11) is 0. The van der Waals surface area contributed by atoms with Crippen molar-refractivity contribution in [2.24, 2.45) is 0 Å². The maximum absolute atomic E-state index is 12.9. The molecule has 1 saturated heterocycles. The van der Waals surface area contributed by atoms with Crippen molar-refractivity contribution in [3.63, 3.8) is 0 Å². The fraction of sp³-hybridized carbons (Fsp3) is 0.881. The molecule has 0 aromatic carbocycles. The Morgan fingerprint density at radius 2 is 1.16 bits per heavy atom. The third-order valence-electron chi connectivity index (χ3n) is 10.1. The monoisotopic (exact) mass is 726 g/mol. The zero-order valence-corrected chi connectivity index (χ0v) is 32.6. The molecular formula is C42H79NO8. The van der Waals surface area contributed by atoms with Crippen molar-refractivity contribution in [3.8, 4) is 0 Å². The zero-order chi connectivity index (χ0) is 37.4. The molecular weight excluding hydrogens is 646 g/mol. The molecule has 0 saturated carbocycles. The number of unbranched alkanes of at least 4 members (excludes halogenated alkanes) is 22. The summed E-state index contributed by atoms with van der Waals surface area (Å²) in [4.78, 5) is 12.9. The van der Waals surface area contributed by atoms with Crippen LogP contribution in [0.15, 0.2) is 24.3 Å². The summed E-state index contributed by atoms with van der Waals surface area (Å²) in [6.07, 6.45) is 30.8. The van der Waals surface area contributed by atoms with Crippen molar-refractivity contribution in [2.45, 2.75) is 224 Å². The molecule has 7 atom stereocenters. The second-order valence-corrected chi connectivity index (χ2v) is 14.8. The van der Waals surface area contributed by atoms with Gasteiger partial charge in [-0.15, -0.1) is 0 Å². The predicted octanol–water partition coefficient (Wildman–Crippen LogP) is 7.94. The molecule has 1 rings (SSSR count). The number of carbonyl (C=O) groups is 1. The normalized spacial score (nSPS) is 22.2. The SMILES string of the molecule is CCCCCCCCCCC=CC/C=C/[C@@H](O)[C@H](CO[C@@H]1O[C@H](CO)[C@@H](O)[C@H](O)[C@H]1O)NC(=O)CCCCCCCCCCCCCCCCC. The van der Waals surface area contributed by atoms with E-state index in [1.54, 1.807) is 6.08 Å². The minimum absolute atomic E-state index is 0.190. The highest BCUT2D eigenvalue weighted by Crippen LogP contribution is 2.22. The van der Waals surface area contributed by atoms with E-state index >= 15 is 0 Å². The number of aliphatic hydroxyl groups excluding tert-OH is 5. The first-order valence-corrected chi connectivity index (χ1v) is 21.1. The highest BCUT2D eigenvalue weighted by molar-refractivity contribution is 5.76. The Balaban J connectivity index is 2.43. The molecule has 0 aromatic rings. The molecule has 1 amide bonds. The molecule has 1 fully saturated rings. The lowest BCUT2D eigenvalue weighted by molar-refractivity contribution is -0.302. The summed E-state index contributed by atoms with van der Waals surface area (Å²) in [6.45, 7) is 3.73. The third-order valence-corrected chi connectivity index (χ3v) is 10.1. The van der Waals surface area contributed by atoms with Gasteiger partial charge in [0.05, 0.1) is 25.4 Å². The summed E-state index contributed by atoms with van der Waals surface area (Å²) in [6, 6.07) is -0.821. The first-order chi connectivity index (χ1) is 24.8. The minimum atomic E-state index is -1.57. The van der Waals surface area contributed by atoms with Crippen molar-refractivity contribution in [1.29, 1.82) is 0 Å². The van der Waals surface area contributed by atoms with Crippen LogP contribution >= 0.6 is 0 Å². The molecule has 0 aliphatic carbocycles. The Bertz CT molecular complexity index is 853. The first kappa shape index (κ1) is 47.7. The molecule has 0 radical (unpaired) electrons. The zero-order valence-electron chi connectivity index (χ0n) is 32.6. The predicted molar refractivity (Wildman–Crippen MR) is 207 cm³/mol. The van der Waals surface area contributed by atoms with Gasteiger partial charge in [0, 0.05) is 6.42 Å². The van der Waals surface area contributed by atoms with Crippen molar-refractivity contribution < 1.29 is 39.8 Å². The van der Waals surface area contributed by atoms with Crippen LogP contribution in [0.25, 0.3) is 0 Å². The van der Waals surface area contributed by atoms with Gasteiger partial charge in [-0.05, 0) is 25.7 Å². The lowest BCUT2D eigenvalue weighted by atomic mass is 9.99. The van der Waals surface area contributed by atoms with Crippen LogP contribution in [0.2, 0.25) is 0 Å². The number of hydrogen-bond donors (Lipinski definition) is 6. The van der Waals surface area contributed by atoms with E-state index in [1.807, 2.05) is 6.08 Å². The van der Waals surface area contributed by atoms with Gasteiger partial charge < -0.3 is 40.3 Å². The Morgan fingerprint density at radius 3 is 1.67 bits per heavy atom. The van der Waals surface area contributed by atoms with Crippen molar-refractivity contribution in [3.05, 3.63) is 24.3 Å². The maximum atomic E-state index is 12.9. The van der Waals surface area contributed by atoms with Crippen LogP contribution in [-0.2, 0) is 14.3 Å². The van der Waals surface area contributed by atoms with Gasteiger partial charge in [-0.25, -0.2) is 0 Å². The molecule has 300 valence electrons. The first-order valence-electron chi connectivity index (χ1n) is 21.1. The minimum Gasteiger partial charge on any atom is -0.394 e. The molecule has 6 N–H and O–H groups in total. The molecule has 0 spiro atoms. The van der Waals surface area contributed by atoms with Gasteiger partial charge >= 0.3 is 0 Å². The van der Waals surface area contributed by atoms with Crippen LogP contribution in [0.4, 0.5) is 0 Å². The van der Waals surface area contributed by atoms with E-state index in [-0.39, 0.29) is 12.5 Å². The second kappa shape index (κ2) is 33.3. The Kier molecular flexibility index (Phi) is 31.1. The van der Waals surface area contributed by atoms with E-state index in [0.717, 1.165) is 25.7 Å². The van der Waals surface area contributed by atoms with Crippen LogP contribution in [0.1, 0.15) is 181 Å². The van der Waals surface area contributed by atoms with E-state index < -0.39 is 49.5 Å². The number of ether oxygens (including phenoxy) is 2. The van der Waals surface area contributed by atoms with Gasteiger partial charge in [0.1, 0.15) is 24.4 Å². The largest absolute Gasteiger partial charge is 0.394 e. The number of aliphatic hydroxyl groups is 5. The highest BCUT2D eigenvalue weighted by atomic mass is 16.7. The number of rotatable bonds is 34. The van der Waals surface area contributed by atoms with Crippen molar-refractivity contribution >= 4 is 5.91 Å². The molecule has 1 heterocycles. The van der Waals surface area contributed by atoms with Crippen LogP contribution in [-0.4, -0.2) is 87.5 Å². The number of hydrogen-bond acceptors (Lipinski definition) is 8. The number of carbonyl (C=O) groups excluding carboxylic acids is 1. The summed E-state index contributed by atoms with van der Waals surface area (Å²) < 4.78 is 11.2.